The number of likely N-dealkylation sites (N-methyl/N-ethyl adjacent to an activating group) is 1. The molecular weight excluding hydrogens is 427 g/mol. The minimum absolute atomic E-state index is 0.107. The Morgan fingerprint density at radius 1 is 1.14 bits per heavy atom. The van der Waals surface area contributed by atoms with Gasteiger partial charge in [-0.25, -0.2) is 8.42 Å². The predicted octanol–water partition coefficient (Wildman–Crippen LogP) is 3.66. The van der Waals surface area contributed by atoms with Crippen LogP contribution in [0, 0.1) is 0 Å². The van der Waals surface area contributed by atoms with Crippen LogP contribution in [-0.2, 0) is 14.8 Å². The zero-order valence-electron chi connectivity index (χ0n) is 15.5. The third-order valence-electron chi connectivity index (χ3n) is 3.70. The molecule has 2 aromatic carbocycles. The fraction of sp³-hybridized carbons (Fsp3) is 0.278. The number of carbonyl (C=O) groups is 1. The van der Waals surface area contributed by atoms with Crippen molar-refractivity contribution in [2.75, 3.05) is 32.6 Å². The lowest BCUT2D eigenvalue weighted by Crippen LogP contribution is -2.35. The number of sulfonamides is 1. The highest BCUT2D eigenvalue weighted by Gasteiger charge is 2.27. The topological polar surface area (TPSA) is 84.9 Å². The lowest BCUT2D eigenvalue weighted by molar-refractivity contribution is -0.116. The second-order valence-corrected chi connectivity index (χ2v) is 8.54. The van der Waals surface area contributed by atoms with Gasteiger partial charge in [-0.15, -0.1) is 0 Å². The lowest BCUT2D eigenvalue weighted by atomic mass is 10.3. The van der Waals surface area contributed by atoms with Crippen molar-refractivity contribution in [1.82, 2.24) is 4.31 Å². The number of hydrogen-bond donors (Lipinski definition) is 1. The number of carbonyl (C=O) groups excluding carboxylic acids is 1. The highest BCUT2D eigenvalue weighted by atomic mass is 35.5. The van der Waals surface area contributed by atoms with E-state index in [0.29, 0.717) is 16.5 Å². The summed E-state index contributed by atoms with van der Waals surface area (Å²) in [6, 6.07) is 9.01. The molecule has 1 amide bonds. The first-order chi connectivity index (χ1) is 13.2. The van der Waals surface area contributed by atoms with E-state index < -0.39 is 22.5 Å². The summed E-state index contributed by atoms with van der Waals surface area (Å²) in [6.45, 7) is 1.61. The van der Waals surface area contributed by atoms with Crippen molar-refractivity contribution < 1.29 is 22.7 Å². The quantitative estimate of drug-likeness (QED) is 0.668. The Labute approximate surface area is 174 Å². The smallest absolute Gasteiger partial charge is 0.247 e. The van der Waals surface area contributed by atoms with Crippen LogP contribution in [0.15, 0.2) is 41.3 Å². The van der Waals surface area contributed by atoms with Gasteiger partial charge in [0.2, 0.25) is 15.9 Å². The highest BCUT2D eigenvalue weighted by molar-refractivity contribution is 7.89. The van der Waals surface area contributed by atoms with E-state index in [-0.39, 0.29) is 22.3 Å². The van der Waals surface area contributed by atoms with Gasteiger partial charge < -0.3 is 14.8 Å². The zero-order valence-corrected chi connectivity index (χ0v) is 17.9. The minimum Gasteiger partial charge on any atom is -0.495 e. The maximum atomic E-state index is 12.9. The first-order valence-corrected chi connectivity index (χ1v) is 10.4. The number of nitrogens with one attached hydrogen (secondary N) is 1. The van der Waals surface area contributed by atoms with Crippen LogP contribution in [0.2, 0.25) is 10.0 Å². The van der Waals surface area contributed by atoms with Crippen molar-refractivity contribution in [1.29, 1.82) is 0 Å². The Kier molecular flexibility index (Phi) is 7.54. The summed E-state index contributed by atoms with van der Waals surface area (Å²) in [4.78, 5) is 12.2. The zero-order chi connectivity index (χ0) is 20.9. The van der Waals surface area contributed by atoms with Crippen LogP contribution in [0.1, 0.15) is 6.92 Å². The molecule has 0 saturated carbocycles. The van der Waals surface area contributed by atoms with E-state index >= 15 is 0 Å². The van der Waals surface area contributed by atoms with Crippen LogP contribution in [0.5, 0.6) is 11.5 Å². The van der Waals surface area contributed by atoms with Gasteiger partial charge in [-0.3, -0.25) is 4.79 Å². The summed E-state index contributed by atoms with van der Waals surface area (Å²) in [5, 5.41) is 3.16. The normalized spacial score (nSPS) is 11.4. The van der Waals surface area contributed by atoms with Gasteiger partial charge in [-0.2, -0.15) is 4.31 Å². The largest absolute Gasteiger partial charge is 0.495 e. The molecule has 0 aliphatic rings. The summed E-state index contributed by atoms with van der Waals surface area (Å²) < 4.78 is 37.1. The number of nitrogens with zero attached hydrogens (tertiary/aromatic N) is 1. The van der Waals surface area contributed by atoms with Crippen LogP contribution in [-0.4, -0.2) is 45.9 Å². The molecule has 28 heavy (non-hydrogen) atoms. The maximum Gasteiger partial charge on any atom is 0.247 e. The second-order valence-electron chi connectivity index (χ2n) is 5.68. The third-order valence-corrected chi connectivity index (χ3v) is 6.05. The van der Waals surface area contributed by atoms with E-state index in [1.807, 2.05) is 0 Å². The molecule has 2 aromatic rings. The van der Waals surface area contributed by atoms with Gasteiger partial charge in [-0.1, -0.05) is 23.2 Å². The molecule has 0 unspecified atom stereocenters. The maximum absolute atomic E-state index is 12.9. The Hall–Kier alpha value is -2.00. The standard InChI is InChI=1S/C18H20Cl2N2O5S/c1-4-27-16-7-5-12(19)9-17(16)28(24,25)22(2)11-18(23)21-13-6-8-15(26-3)14(20)10-13/h5-10H,4,11H2,1-3H3,(H,21,23). The molecular formula is C18H20Cl2N2O5S. The van der Waals surface area contributed by atoms with Crippen LogP contribution in [0.3, 0.4) is 0 Å². The molecule has 0 aromatic heterocycles. The van der Waals surface area contributed by atoms with Gasteiger partial charge in [0.15, 0.2) is 0 Å². The van der Waals surface area contributed by atoms with Crippen LogP contribution >= 0.6 is 23.2 Å². The van der Waals surface area contributed by atoms with Gasteiger partial charge in [0, 0.05) is 17.8 Å². The number of methoxy groups -OCH3 is 1. The van der Waals surface area contributed by atoms with E-state index in [2.05, 4.69) is 5.32 Å². The Morgan fingerprint density at radius 2 is 1.82 bits per heavy atom. The average molecular weight is 447 g/mol. The predicted molar refractivity (Wildman–Crippen MR) is 109 cm³/mol. The molecule has 1 N–H and O–H groups in total. The number of rotatable bonds is 8. The molecule has 0 radical (unpaired) electrons. The molecule has 0 fully saturated rings. The van der Waals surface area contributed by atoms with Crippen molar-refractivity contribution in [3.8, 4) is 11.5 Å². The number of hydrogen-bond acceptors (Lipinski definition) is 5. The Bertz CT molecular complexity index is 966. The van der Waals surface area contributed by atoms with Crippen molar-refractivity contribution in [2.24, 2.45) is 0 Å². The first kappa shape index (κ1) is 22.3. The number of anilines is 1. The van der Waals surface area contributed by atoms with Gasteiger partial charge in [-0.05, 0) is 43.3 Å². The number of halogens is 2. The molecule has 0 aliphatic carbocycles. The summed E-state index contributed by atoms with van der Waals surface area (Å²) in [5.74, 6) is 0.0946. The summed E-state index contributed by atoms with van der Waals surface area (Å²) in [7, 11) is -1.23. The van der Waals surface area contributed by atoms with Crippen molar-refractivity contribution >= 4 is 44.8 Å². The Balaban J connectivity index is 2.17. The van der Waals surface area contributed by atoms with E-state index in [4.69, 9.17) is 32.7 Å². The molecule has 0 atom stereocenters. The van der Waals surface area contributed by atoms with Gasteiger partial charge >= 0.3 is 0 Å². The van der Waals surface area contributed by atoms with E-state index in [0.717, 1.165) is 4.31 Å². The lowest BCUT2D eigenvalue weighted by Gasteiger charge is -2.19. The van der Waals surface area contributed by atoms with Crippen LogP contribution < -0.4 is 14.8 Å². The van der Waals surface area contributed by atoms with Crippen molar-refractivity contribution in [2.45, 2.75) is 11.8 Å². The molecule has 0 bridgehead atoms. The fourth-order valence-corrected chi connectivity index (χ4v) is 4.13. The Morgan fingerprint density at radius 3 is 2.43 bits per heavy atom. The number of benzene rings is 2. The summed E-state index contributed by atoms with van der Waals surface area (Å²) >= 11 is 12.0. The van der Waals surface area contributed by atoms with E-state index in [1.54, 1.807) is 19.1 Å². The van der Waals surface area contributed by atoms with E-state index in [9.17, 15) is 13.2 Å². The number of amides is 1. The van der Waals surface area contributed by atoms with E-state index in [1.165, 1.54) is 38.4 Å². The second kappa shape index (κ2) is 9.47. The molecule has 152 valence electrons. The van der Waals surface area contributed by atoms with Gasteiger partial charge in [0.05, 0.1) is 25.3 Å². The SMILES string of the molecule is CCOc1ccc(Cl)cc1S(=O)(=O)N(C)CC(=O)Nc1ccc(OC)c(Cl)c1. The summed E-state index contributed by atoms with van der Waals surface area (Å²) in [5.41, 5.74) is 0.416. The van der Waals surface area contributed by atoms with Crippen molar-refractivity contribution in [3.05, 3.63) is 46.4 Å². The summed E-state index contributed by atoms with van der Waals surface area (Å²) in [6.07, 6.45) is 0. The molecule has 10 heteroatoms. The molecule has 2 rings (SSSR count). The molecule has 0 heterocycles. The third kappa shape index (κ3) is 5.29. The molecule has 0 spiro atoms. The molecule has 7 nitrogen and oxygen atoms in total. The first-order valence-electron chi connectivity index (χ1n) is 8.21. The fourth-order valence-electron chi connectivity index (χ4n) is 2.36. The van der Waals surface area contributed by atoms with Crippen molar-refractivity contribution in [3.63, 3.8) is 0 Å². The monoisotopic (exact) mass is 446 g/mol. The highest BCUT2D eigenvalue weighted by Crippen LogP contribution is 2.30. The molecule has 0 saturated heterocycles. The van der Waals surface area contributed by atoms with Crippen LogP contribution in [0.4, 0.5) is 5.69 Å². The minimum atomic E-state index is -4.00. The molecule has 0 aliphatic heterocycles. The van der Waals surface area contributed by atoms with Gasteiger partial charge in [0.1, 0.15) is 16.4 Å². The average Bonchev–Trinajstić information content (AvgIpc) is 2.63. The number of ether oxygens (including phenoxy) is 2. The van der Waals surface area contributed by atoms with Gasteiger partial charge in [0.25, 0.3) is 0 Å². The van der Waals surface area contributed by atoms with Crippen LogP contribution in [0.25, 0.3) is 0 Å².